The molecule has 21 heavy (non-hydrogen) atoms. The van der Waals surface area contributed by atoms with Crippen LogP contribution in [0, 0.1) is 0 Å². The highest BCUT2D eigenvalue weighted by atomic mass is 79.9. The van der Waals surface area contributed by atoms with Crippen LogP contribution in [0.4, 0.5) is 4.79 Å². The second-order valence-electron chi connectivity index (χ2n) is 4.65. The van der Waals surface area contributed by atoms with Crippen molar-refractivity contribution in [2.24, 2.45) is 5.73 Å². The van der Waals surface area contributed by atoms with Gasteiger partial charge in [0.25, 0.3) is 5.91 Å². The number of halogens is 1. The van der Waals surface area contributed by atoms with Gasteiger partial charge in [0, 0.05) is 16.6 Å². The molecule has 0 aromatic heterocycles. The van der Waals surface area contributed by atoms with Crippen molar-refractivity contribution in [3.05, 3.63) is 39.5 Å². The van der Waals surface area contributed by atoms with Crippen molar-refractivity contribution < 1.29 is 14.7 Å². The third-order valence-corrected chi connectivity index (χ3v) is 3.97. The van der Waals surface area contributed by atoms with Gasteiger partial charge in [0.15, 0.2) is 0 Å². The molecule has 0 aliphatic carbocycles. The standard InChI is InChI=1S/C14H16BrN3O3/c1-2-6-17-13(19)12-11(16)8-4-3-5-10(15)9(8)7-18(12)14(20)21/h3-5H,2,6-7,16H2,1H3,(H,17,19)(H,20,21). The highest BCUT2D eigenvalue weighted by Gasteiger charge is 2.32. The van der Waals surface area contributed by atoms with Crippen LogP contribution in [0.5, 0.6) is 0 Å². The molecule has 0 fully saturated rings. The van der Waals surface area contributed by atoms with Crippen molar-refractivity contribution in [2.45, 2.75) is 19.9 Å². The van der Waals surface area contributed by atoms with E-state index in [2.05, 4.69) is 21.2 Å². The monoisotopic (exact) mass is 353 g/mol. The van der Waals surface area contributed by atoms with Gasteiger partial charge in [-0.05, 0) is 18.1 Å². The zero-order valence-electron chi connectivity index (χ0n) is 11.5. The molecule has 112 valence electrons. The predicted molar refractivity (Wildman–Crippen MR) is 82.1 cm³/mol. The fourth-order valence-electron chi connectivity index (χ4n) is 2.21. The van der Waals surface area contributed by atoms with E-state index in [1.807, 2.05) is 13.0 Å². The molecular formula is C14H16BrN3O3. The van der Waals surface area contributed by atoms with E-state index < -0.39 is 12.0 Å². The molecule has 1 heterocycles. The normalized spacial score (nSPS) is 13.9. The van der Waals surface area contributed by atoms with Crippen molar-refractivity contribution >= 4 is 33.6 Å². The third kappa shape index (κ3) is 2.87. The molecule has 7 heteroatoms. The minimum atomic E-state index is -1.21. The first-order valence-electron chi connectivity index (χ1n) is 6.53. The van der Waals surface area contributed by atoms with Gasteiger partial charge in [0.1, 0.15) is 5.70 Å². The van der Waals surface area contributed by atoms with E-state index in [0.717, 1.165) is 21.4 Å². The molecule has 1 aromatic rings. The molecule has 6 nitrogen and oxygen atoms in total. The third-order valence-electron chi connectivity index (χ3n) is 3.23. The molecular weight excluding hydrogens is 338 g/mol. The summed E-state index contributed by atoms with van der Waals surface area (Å²) in [7, 11) is 0. The topological polar surface area (TPSA) is 95.7 Å². The Hall–Kier alpha value is -2.02. The molecule has 1 aliphatic rings. The first-order chi connectivity index (χ1) is 9.97. The predicted octanol–water partition coefficient (Wildman–Crippen LogP) is 2.10. The summed E-state index contributed by atoms with van der Waals surface area (Å²) in [6, 6.07) is 5.39. The van der Waals surface area contributed by atoms with Crippen LogP contribution in [0.25, 0.3) is 5.70 Å². The number of carbonyl (C=O) groups excluding carboxylic acids is 1. The Morgan fingerprint density at radius 2 is 2.19 bits per heavy atom. The maximum absolute atomic E-state index is 12.2. The Kier molecular flexibility index (Phi) is 4.52. The number of amides is 2. The number of hydrogen-bond acceptors (Lipinski definition) is 3. The Labute approximate surface area is 130 Å². The molecule has 0 unspecified atom stereocenters. The number of carboxylic acid groups (broad SMARTS) is 1. The molecule has 0 radical (unpaired) electrons. The summed E-state index contributed by atoms with van der Waals surface area (Å²) in [5.41, 5.74) is 7.65. The summed E-state index contributed by atoms with van der Waals surface area (Å²) in [5, 5.41) is 12.0. The van der Waals surface area contributed by atoms with Gasteiger partial charge in [-0.1, -0.05) is 35.0 Å². The van der Waals surface area contributed by atoms with E-state index in [1.165, 1.54) is 0 Å². The van der Waals surface area contributed by atoms with Gasteiger partial charge < -0.3 is 16.2 Å². The van der Waals surface area contributed by atoms with Crippen molar-refractivity contribution in [3.63, 3.8) is 0 Å². The molecule has 0 saturated carbocycles. The molecule has 0 saturated heterocycles. The molecule has 0 spiro atoms. The Bertz CT molecular complexity index is 628. The van der Waals surface area contributed by atoms with Gasteiger partial charge in [-0.2, -0.15) is 0 Å². The van der Waals surface area contributed by atoms with E-state index in [0.29, 0.717) is 12.1 Å². The molecule has 4 N–H and O–H groups in total. The van der Waals surface area contributed by atoms with Gasteiger partial charge in [-0.15, -0.1) is 0 Å². The van der Waals surface area contributed by atoms with Crippen LogP contribution in [-0.4, -0.2) is 28.6 Å². The lowest BCUT2D eigenvalue weighted by atomic mass is 9.98. The van der Waals surface area contributed by atoms with Gasteiger partial charge in [-0.25, -0.2) is 4.79 Å². The largest absolute Gasteiger partial charge is 0.465 e. The van der Waals surface area contributed by atoms with Gasteiger partial charge >= 0.3 is 6.09 Å². The first-order valence-corrected chi connectivity index (χ1v) is 7.32. The second-order valence-corrected chi connectivity index (χ2v) is 5.51. The number of fused-ring (bicyclic) bond motifs is 1. The molecule has 2 rings (SSSR count). The number of nitrogens with one attached hydrogen (secondary N) is 1. The summed E-state index contributed by atoms with van der Waals surface area (Å²) in [6.45, 7) is 2.47. The van der Waals surface area contributed by atoms with Crippen LogP contribution < -0.4 is 11.1 Å². The fourth-order valence-corrected chi connectivity index (χ4v) is 2.70. The van der Waals surface area contributed by atoms with E-state index in [1.54, 1.807) is 12.1 Å². The molecule has 0 bridgehead atoms. The number of nitrogens with two attached hydrogens (primary N) is 1. The minimum Gasteiger partial charge on any atom is -0.465 e. The number of benzene rings is 1. The highest BCUT2D eigenvalue weighted by molar-refractivity contribution is 9.10. The Balaban J connectivity index is 2.53. The number of nitrogens with zero attached hydrogens (tertiary/aromatic N) is 1. The average molecular weight is 354 g/mol. The smallest absolute Gasteiger partial charge is 0.412 e. The van der Waals surface area contributed by atoms with Gasteiger partial charge in [0.05, 0.1) is 12.2 Å². The van der Waals surface area contributed by atoms with Crippen molar-refractivity contribution in [3.8, 4) is 0 Å². The van der Waals surface area contributed by atoms with Gasteiger partial charge in [0.2, 0.25) is 0 Å². The summed E-state index contributed by atoms with van der Waals surface area (Å²) < 4.78 is 0.766. The van der Waals surface area contributed by atoms with Crippen LogP contribution in [-0.2, 0) is 11.3 Å². The summed E-state index contributed by atoms with van der Waals surface area (Å²) in [5.74, 6) is -0.470. The lowest BCUT2D eigenvalue weighted by Gasteiger charge is -2.30. The lowest BCUT2D eigenvalue weighted by molar-refractivity contribution is -0.118. The van der Waals surface area contributed by atoms with E-state index in [9.17, 15) is 14.7 Å². The molecule has 0 atom stereocenters. The maximum atomic E-state index is 12.2. The SMILES string of the molecule is CCCNC(=O)C1=C(N)c2cccc(Br)c2CN1C(=O)O. The molecule has 1 aliphatic heterocycles. The van der Waals surface area contributed by atoms with Gasteiger partial charge in [-0.3, -0.25) is 9.69 Å². The van der Waals surface area contributed by atoms with E-state index >= 15 is 0 Å². The zero-order chi connectivity index (χ0) is 15.6. The van der Waals surface area contributed by atoms with Crippen LogP contribution >= 0.6 is 15.9 Å². The van der Waals surface area contributed by atoms with Crippen LogP contribution in [0.2, 0.25) is 0 Å². The maximum Gasteiger partial charge on any atom is 0.412 e. The van der Waals surface area contributed by atoms with Crippen LogP contribution in [0.15, 0.2) is 28.4 Å². The van der Waals surface area contributed by atoms with E-state index in [4.69, 9.17) is 5.73 Å². The Morgan fingerprint density at radius 1 is 1.48 bits per heavy atom. The summed E-state index contributed by atoms with van der Waals surface area (Å²) in [4.78, 5) is 24.6. The first kappa shape index (κ1) is 15.4. The number of carbonyl (C=O) groups is 2. The highest BCUT2D eigenvalue weighted by Crippen LogP contribution is 2.33. The Morgan fingerprint density at radius 3 is 2.81 bits per heavy atom. The fraction of sp³-hybridized carbons (Fsp3) is 0.286. The summed E-state index contributed by atoms with van der Waals surface area (Å²) >= 11 is 3.39. The van der Waals surface area contributed by atoms with Crippen LogP contribution in [0.1, 0.15) is 24.5 Å². The van der Waals surface area contributed by atoms with E-state index in [-0.39, 0.29) is 17.9 Å². The number of rotatable bonds is 3. The summed E-state index contributed by atoms with van der Waals surface area (Å²) in [6.07, 6.45) is -0.449. The lowest BCUT2D eigenvalue weighted by Crippen LogP contribution is -2.41. The zero-order valence-corrected chi connectivity index (χ0v) is 13.1. The second kappa shape index (κ2) is 6.17. The van der Waals surface area contributed by atoms with Crippen LogP contribution in [0.3, 0.4) is 0 Å². The minimum absolute atomic E-state index is 0.0125. The van der Waals surface area contributed by atoms with Crippen molar-refractivity contribution in [2.75, 3.05) is 6.54 Å². The number of hydrogen-bond donors (Lipinski definition) is 3. The van der Waals surface area contributed by atoms with Crippen molar-refractivity contribution in [1.29, 1.82) is 0 Å². The van der Waals surface area contributed by atoms with Crippen molar-refractivity contribution in [1.82, 2.24) is 10.2 Å². The molecule has 1 aromatic carbocycles. The average Bonchev–Trinajstić information content (AvgIpc) is 2.45. The molecule has 2 amide bonds. The quantitative estimate of drug-likeness (QED) is 0.775.